The molecule has 0 N–H and O–H groups in total. The van der Waals surface area contributed by atoms with Crippen LogP contribution in [-0.2, 0) is 4.79 Å². The van der Waals surface area contributed by atoms with Crippen molar-refractivity contribution in [2.45, 2.75) is 39.9 Å². The van der Waals surface area contributed by atoms with Crippen molar-refractivity contribution in [1.29, 1.82) is 0 Å². The third kappa shape index (κ3) is 2.09. The van der Waals surface area contributed by atoms with Crippen LogP contribution in [0.2, 0.25) is 0 Å². The fourth-order valence-electron chi connectivity index (χ4n) is 3.83. The Kier molecular flexibility index (Phi) is 3.57. The van der Waals surface area contributed by atoms with Crippen molar-refractivity contribution in [1.82, 2.24) is 14.7 Å². The third-order valence-corrected chi connectivity index (χ3v) is 5.45. The molecule has 3 amide bonds. The third-order valence-electron chi connectivity index (χ3n) is 5.45. The second-order valence-corrected chi connectivity index (χ2v) is 7.05. The summed E-state index contributed by atoms with van der Waals surface area (Å²) >= 11 is 0. The number of fused-ring (bicyclic) bond motifs is 3. The molecule has 7 heteroatoms. The number of anilines is 1. The molecule has 0 spiro atoms. The van der Waals surface area contributed by atoms with Gasteiger partial charge >= 0.3 is 6.03 Å². The number of aryl methyl sites for hydroxylation is 2. The molecule has 4 rings (SSSR count). The summed E-state index contributed by atoms with van der Waals surface area (Å²) < 4.78 is 0. The van der Waals surface area contributed by atoms with E-state index in [-0.39, 0.29) is 11.9 Å². The number of rotatable bonds is 2. The summed E-state index contributed by atoms with van der Waals surface area (Å²) in [6.07, 6.45) is 1.46. The van der Waals surface area contributed by atoms with Gasteiger partial charge in [-0.15, -0.1) is 0 Å². The number of carbonyl (C=O) groups excluding carboxylic acids is 2. The summed E-state index contributed by atoms with van der Waals surface area (Å²) in [5, 5.41) is 0. The van der Waals surface area contributed by atoms with Crippen molar-refractivity contribution >= 4 is 23.6 Å². The Bertz CT molecular complexity index is 875. The lowest BCUT2D eigenvalue weighted by Crippen LogP contribution is -2.64. The monoisotopic (exact) mass is 353 g/mol. The smallest absolute Gasteiger partial charge is 0.302 e. The summed E-state index contributed by atoms with van der Waals surface area (Å²) in [5.41, 5.74) is 4.44. The van der Waals surface area contributed by atoms with Crippen LogP contribution in [0.25, 0.3) is 0 Å². The largest absolute Gasteiger partial charge is 0.328 e. The van der Waals surface area contributed by atoms with Crippen LogP contribution >= 0.6 is 0 Å². The Morgan fingerprint density at radius 2 is 1.85 bits per heavy atom. The van der Waals surface area contributed by atoms with E-state index in [0.717, 1.165) is 11.4 Å². The molecule has 1 fully saturated rings. The lowest BCUT2D eigenvalue weighted by Gasteiger charge is -2.39. The molecule has 0 radical (unpaired) electrons. The van der Waals surface area contributed by atoms with Gasteiger partial charge < -0.3 is 9.80 Å². The molecule has 3 heterocycles. The maximum Gasteiger partial charge on any atom is 0.328 e. The Balaban J connectivity index is 1.76. The number of nitrogens with zero attached hydrogens (tertiary/aromatic N) is 5. The quantitative estimate of drug-likeness (QED) is 0.818. The van der Waals surface area contributed by atoms with Gasteiger partial charge in [-0.05, 0) is 51.0 Å². The molecule has 3 aliphatic heterocycles. The van der Waals surface area contributed by atoms with Crippen molar-refractivity contribution in [3.63, 3.8) is 0 Å². The van der Waals surface area contributed by atoms with Gasteiger partial charge in [0.15, 0.2) is 12.2 Å². The van der Waals surface area contributed by atoms with Gasteiger partial charge in [0, 0.05) is 31.2 Å². The Labute approximate surface area is 153 Å². The number of hydrogen-bond acceptors (Lipinski definition) is 5. The highest BCUT2D eigenvalue weighted by Crippen LogP contribution is 2.36. The normalized spacial score (nSPS) is 24.8. The van der Waals surface area contributed by atoms with Gasteiger partial charge in [-0.3, -0.25) is 14.6 Å². The second kappa shape index (κ2) is 5.59. The van der Waals surface area contributed by atoms with Gasteiger partial charge in [-0.1, -0.05) is 6.07 Å². The van der Waals surface area contributed by atoms with Crippen LogP contribution in [0.4, 0.5) is 10.5 Å². The molecule has 2 atom stereocenters. The van der Waals surface area contributed by atoms with Gasteiger partial charge in [0.2, 0.25) is 5.96 Å². The van der Waals surface area contributed by atoms with Crippen LogP contribution in [0.5, 0.6) is 0 Å². The van der Waals surface area contributed by atoms with E-state index in [4.69, 9.17) is 4.99 Å². The van der Waals surface area contributed by atoms with E-state index >= 15 is 0 Å². The average molecular weight is 353 g/mol. The topological polar surface area (TPSA) is 59.5 Å². The minimum absolute atomic E-state index is 0.190. The van der Waals surface area contributed by atoms with E-state index in [2.05, 4.69) is 32.0 Å². The molecule has 1 aromatic rings. The highest BCUT2D eigenvalue weighted by Gasteiger charge is 2.54. The molecule has 7 nitrogen and oxygen atoms in total. The number of aliphatic imine (C=N–C) groups is 1. The molecule has 2 unspecified atom stereocenters. The number of guanidine groups is 1. The summed E-state index contributed by atoms with van der Waals surface area (Å²) in [6, 6.07) is 5.48. The molecular formula is C19H23N5O2. The van der Waals surface area contributed by atoms with Gasteiger partial charge in [0.1, 0.15) is 0 Å². The van der Waals surface area contributed by atoms with Crippen molar-refractivity contribution < 1.29 is 9.59 Å². The van der Waals surface area contributed by atoms with Crippen LogP contribution in [0, 0.1) is 13.8 Å². The molecular weight excluding hydrogens is 330 g/mol. The Morgan fingerprint density at radius 1 is 1.12 bits per heavy atom. The minimum Gasteiger partial charge on any atom is -0.302 e. The zero-order valence-corrected chi connectivity index (χ0v) is 15.7. The molecule has 0 bridgehead atoms. The molecule has 1 aromatic carbocycles. The lowest BCUT2D eigenvalue weighted by molar-refractivity contribution is -0.136. The van der Waals surface area contributed by atoms with Crippen molar-refractivity contribution in [2.24, 2.45) is 4.99 Å². The maximum absolute atomic E-state index is 12.9. The first-order valence-corrected chi connectivity index (χ1v) is 8.85. The number of urea groups is 1. The molecule has 0 aliphatic carbocycles. The first kappa shape index (κ1) is 16.6. The fourth-order valence-corrected chi connectivity index (χ4v) is 3.83. The van der Waals surface area contributed by atoms with Gasteiger partial charge in [0.25, 0.3) is 5.91 Å². The van der Waals surface area contributed by atoms with Crippen molar-refractivity contribution in [3.8, 4) is 0 Å². The van der Waals surface area contributed by atoms with E-state index in [9.17, 15) is 9.59 Å². The predicted octanol–water partition coefficient (Wildman–Crippen LogP) is 2.26. The highest BCUT2D eigenvalue weighted by atomic mass is 16.2. The molecule has 0 saturated carbocycles. The summed E-state index contributed by atoms with van der Waals surface area (Å²) in [7, 11) is 1.71. The number of amides is 3. The average Bonchev–Trinajstić information content (AvgIpc) is 3.10. The van der Waals surface area contributed by atoms with Crippen LogP contribution < -0.4 is 4.90 Å². The summed E-state index contributed by atoms with van der Waals surface area (Å²) in [4.78, 5) is 36.9. The molecule has 1 saturated heterocycles. The van der Waals surface area contributed by atoms with Gasteiger partial charge in [0.05, 0.1) is 0 Å². The van der Waals surface area contributed by atoms with Crippen LogP contribution in [0.1, 0.15) is 25.0 Å². The first-order valence-electron chi connectivity index (χ1n) is 8.85. The van der Waals surface area contributed by atoms with Crippen LogP contribution in [0.15, 0.2) is 35.1 Å². The number of likely N-dealkylation sites (N-methyl/N-ethyl adjacent to an activating group) is 2. The Hall–Kier alpha value is -2.83. The van der Waals surface area contributed by atoms with Gasteiger partial charge in [-0.2, -0.15) is 0 Å². The van der Waals surface area contributed by atoms with Crippen LogP contribution in [-0.4, -0.2) is 58.4 Å². The van der Waals surface area contributed by atoms with E-state index < -0.39 is 12.2 Å². The highest BCUT2D eigenvalue weighted by molar-refractivity contribution is 6.09. The Morgan fingerprint density at radius 3 is 2.50 bits per heavy atom. The summed E-state index contributed by atoms with van der Waals surface area (Å²) in [6.45, 7) is 8.34. The van der Waals surface area contributed by atoms with Crippen molar-refractivity contribution in [2.75, 3.05) is 18.5 Å². The molecule has 0 aromatic heterocycles. The van der Waals surface area contributed by atoms with E-state index in [1.54, 1.807) is 11.9 Å². The number of allylic oxidation sites excluding steroid dienone is 1. The summed E-state index contributed by atoms with van der Waals surface area (Å²) in [5.74, 6) is 0.511. The molecule has 3 aliphatic rings. The lowest BCUT2D eigenvalue weighted by atomic mass is 10.1. The maximum atomic E-state index is 12.9. The zero-order valence-electron chi connectivity index (χ0n) is 15.7. The number of carbonyl (C=O) groups is 2. The fraction of sp³-hybridized carbons (Fsp3) is 0.421. The van der Waals surface area contributed by atoms with E-state index in [0.29, 0.717) is 12.5 Å². The molecule has 136 valence electrons. The molecule has 26 heavy (non-hydrogen) atoms. The predicted molar refractivity (Wildman–Crippen MR) is 99.5 cm³/mol. The number of hydrogen-bond donors (Lipinski definition) is 0. The first-order chi connectivity index (χ1) is 12.3. The van der Waals surface area contributed by atoms with E-state index in [1.807, 2.05) is 29.8 Å². The number of imide groups is 1. The SMILES string of the molecule is CCN1C(=O)C2C(N=C3N(c4ccc(C)c(C)c4)C(C)=CN32)N(C)C1=O. The standard InChI is InChI=1S/C19H23N5O2/c1-6-22-17(25)15-16(21(5)19(22)26)20-18-23(15)10-13(4)24(18)14-8-7-11(2)12(3)9-14/h7-10,15-16H,6H2,1-5H3. The van der Waals surface area contributed by atoms with Crippen LogP contribution in [0.3, 0.4) is 0 Å². The minimum atomic E-state index is -0.501. The number of benzene rings is 1. The second-order valence-electron chi connectivity index (χ2n) is 7.05. The van der Waals surface area contributed by atoms with E-state index in [1.165, 1.54) is 16.0 Å². The zero-order chi connectivity index (χ0) is 18.7. The van der Waals surface area contributed by atoms with Crippen molar-refractivity contribution in [3.05, 3.63) is 41.2 Å². The van der Waals surface area contributed by atoms with Gasteiger partial charge in [-0.25, -0.2) is 9.79 Å².